The largest absolute Gasteiger partial charge is 0.463 e. The van der Waals surface area contributed by atoms with Crippen molar-refractivity contribution < 1.29 is 28.6 Å². The van der Waals surface area contributed by atoms with E-state index in [1.807, 2.05) is 0 Å². The zero-order valence-electron chi connectivity index (χ0n) is 13.5. The Bertz CT molecular complexity index is 900. The van der Waals surface area contributed by atoms with Crippen LogP contribution in [0.2, 0.25) is 0 Å². The van der Waals surface area contributed by atoms with Crippen molar-refractivity contribution in [1.29, 1.82) is 0 Å². The molecule has 0 bridgehead atoms. The minimum Gasteiger partial charge on any atom is -0.463 e. The zero-order chi connectivity index (χ0) is 18.3. The van der Waals surface area contributed by atoms with Gasteiger partial charge in [-0.1, -0.05) is 30.3 Å². The van der Waals surface area contributed by atoms with E-state index in [0.717, 1.165) is 0 Å². The number of ether oxygens (including phenoxy) is 3. The summed E-state index contributed by atoms with van der Waals surface area (Å²) in [5.41, 5.74) is -0.670. The monoisotopic (exact) mass is 372 g/mol. The van der Waals surface area contributed by atoms with Gasteiger partial charge in [-0.05, 0) is 17.7 Å². The summed E-state index contributed by atoms with van der Waals surface area (Å²) in [6, 6.07) is 11.4. The Morgan fingerprint density at radius 1 is 1.04 bits per heavy atom. The highest BCUT2D eigenvalue weighted by Crippen LogP contribution is 2.43. The minimum atomic E-state index is -1.66. The summed E-state index contributed by atoms with van der Waals surface area (Å²) in [6.45, 7) is -0.361. The number of fused-ring (bicyclic) bond motifs is 2. The first-order chi connectivity index (χ1) is 12.6. The molecule has 0 amide bonds. The zero-order valence-corrected chi connectivity index (χ0v) is 14.2. The lowest BCUT2D eigenvalue weighted by atomic mass is 9.76. The normalized spacial score (nSPS) is 16.5. The maximum absolute atomic E-state index is 13.2. The first kappa shape index (κ1) is 16.6. The molecule has 132 valence electrons. The van der Waals surface area contributed by atoms with Gasteiger partial charge < -0.3 is 14.2 Å². The van der Waals surface area contributed by atoms with Crippen LogP contribution in [-0.4, -0.2) is 36.8 Å². The smallest absolute Gasteiger partial charge is 0.320 e. The van der Waals surface area contributed by atoms with Crippen LogP contribution in [-0.2, 0) is 14.9 Å². The second-order valence-electron chi connectivity index (χ2n) is 5.97. The molecule has 26 heavy (non-hydrogen) atoms. The molecular weight excluding hydrogens is 360 g/mol. The molecule has 0 spiro atoms. The molecule has 2 aromatic carbocycles. The van der Waals surface area contributed by atoms with E-state index in [2.05, 4.69) is 0 Å². The summed E-state index contributed by atoms with van der Waals surface area (Å²) < 4.78 is 15.8. The number of alkyl halides is 1. The van der Waals surface area contributed by atoms with E-state index in [9.17, 15) is 14.4 Å². The van der Waals surface area contributed by atoms with Crippen LogP contribution in [0.25, 0.3) is 0 Å². The number of halogens is 1. The van der Waals surface area contributed by atoms with Crippen LogP contribution in [0.4, 0.5) is 0 Å². The molecule has 0 unspecified atom stereocenters. The van der Waals surface area contributed by atoms with Crippen molar-refractivity contribution in [2.24, 2.45) is 0 Å². The first-order valence-corrected chi connectivity index (χ1v) is 8.42. The highest BCUT2D eigenvalue weighted by molar-refractivity contribution is 6.33. The standard InChI is InChI=1S/C19H13ClO6/c20-8-16(21)24-9-19(11-5-6-14-15(7-11)26-10-25-14)17(22)12-3-1-2-4-13(12)18(19)23/h1-7H,8-10H2. The maximum atomic E-state index is 13.2. The third-order valence-corrected chi connectivity index (χ3v) is 4.83. The molecule has 0 N–H and O–H groups in total. The van der Waals surface area contributed by atoms with Gasteiger partial charge in [0.05, 0.1) is 0 Å². The lowest BCUT2D eigenvalue weighted by molar-refractivity contribution is -0.141. The fourth-order valence-electron chi connectivity index (χ4n) is 3.31. The summed E-state index contributed by atoms with van der Waals surface area (Å²) in [7, 11) is 0. The van der Waals surface area contributed by atoms with Gasteiger partial charge in [0.15, 0.2) is 28.5 Å². The minimum absolute atomic E-state index is 0.0646. The van der Waals surface area contributed by atoms with E-state index in [1.165, 1.54) is 0 Å². The number of Topliss-reactive ketones (excluding diaryl/α,β-unsaturated/α-hetero) is 2. The van der Waals surface area contributed by atoms with Gasteiger partial charge in [-0.25, -0.2) is 0 Å². The van der Waals surface area contributed by atoms with Crippen molar-refractivity contribution in [3.63, 3.8) is 0 Å². The van der Waals surface area contributed by atoms with E-state index in [1.54, 1.807) is 42.5 Å². The molecule has 0 atom stereocenters. The van der Waals surface area contributed by atoms with Crippen LogP contribution in [0, 0.1) is 0 Å². The topological polar surface area (TPSA) is 78.9 Å². The summed E-state index contributed by atoms with van der Waals surface area (Å²) in [6.07, 6.45) is 0. The highest BCUT2D eigenvalue weighted by Gasteiger charge is 2.55. The molecule has 1 aliphatic heterocycles. The molecular formula is C19H13ClO6. The van der Waals surface area contributed by atoms with Gasteiger partial charge in [-0.2, -0.15) is 0 Å². The van der Waals surface area contributed by atoms with Crippen LogP contribution in [0.1, 0.15) is 26.3 Å². The Balaban J connectivity index is 1.85. The van der Waals surface area contributed by atoms with Crippen LogP contribution in [0.3, 0.4) is 0 Å². The molecule has 2 aliphatic rings. The van der Waals surface area contributed by atoms with Gasteiger partial charge in [0.2, 0.25) is 6.79 Å². The Kier molecular flexibility index (Phi) is 3.92. The third-order valence-electron chi connectivity index (χ3n) is 4.62. The molecule has 0 saturated carbocycles. The van der Waals surface area contributed by atoms with E-state index < -0.39 is 29.6 Å². The fourth-order valence-corrected chi connectivity index (χ4v) is 3.39. The highest BCUT2D eigenvalue weighted by atomic mass is 35.5. The Hall–Kier alpha value is -2.86. The van der Waals surface area contributed by atoms with Crippen LogP contribution in [0.15, 0.2) is 42.5 Å². The molecule has 4 rings (SSSR count). The Morgan fingerprint density at radius 3 is 2.35 bits per heavy atom. The molecule has 0 saturated heterocycles. The molecule has 0 radical (unpaired) electrons. The second kappa shape index (κ2) is 6.14. The molecule has 0 fully saturated rings. The van der Waals surface area contributed by atoms with Crippen LogP contribution in [0.5, 0.6) is 11.5 Å². The molecule has 2 aromatic rings. The molecule has 7 heteroatoms. The number of hydrogen-bond donors (Lipinski definition) is 0. The predicted molar refractivity (Wildman–Crippen MR) is 91.0 cm³/mol. The van der Waals surface area contributed by atoms with Crippen LogP contribution >= 0.6 is 11.6 Å². The molecule has 0 aromatic heterocycles. The summed E-state index contributed by atoms with van der Waals surface area (Å²) in [4.78, 5) is 38.0. The van der Waals surface area contributed by atoms with Crippen molar-refractivity contribution in [3.8, 4) is 11.5 Å². The van der Waals surface area contributed by atoms with Crippen molar-refractivity contribution in [2.75, 3.05) is 19.3 Å². The van der Waals surface area contributed by atoms with Gasteiger partial charge >= 0.3 is 5.97 Å². The summed E-state index contributed by atoms with van der Waals surface area (Å²) >= 11 is 5.49. The van der Waals surface area contributed by atoms with Crippen LogP contribution < -0.4 is 9.47 Å². The van der Waals surface area contributed by atoms with Crippen molar-refractivity contribution in [3.05, 3.63) is 59.2 Å². The van der Waals surface area contributed by atoms with Gasteiger partial charge in [-0.3, -0.25) is 14.4 Å². The van der Waals surface area contributed by atoms with Gasteiger partial charge in [0.1, 0.15) is 12.5 Å². The lowest BCUT2D eigenvalue weighted by Crippen LogP contribution is -2.43. The number of benzene rings is 2. The third kappa shape index (κ3) is 2.29. The fraction of sp³-hybridized carbons (Fsp3) is 0.211. The van der Waals surface area contributed by atoms with E-state index in [4.69, 9.17) is 25.8 Å². The van der Waals surface area contributed by atoms with E-state index in [-0.39, 0.29) is 12.7 Å². The van der Waals surface area contributed by atoms with Gasteiger partial charge in [-0.15, -0.1) is 11.6 Å². The number of rotatable bonds is 4. The first-order valence-electron chi connectivity index (χ1n) is 7.88. The quantitative estimate of drug-likeness (QED) is 0.466. The molecule has 1 heterocycles. The summed E-state index contributed by atoms with van der Waals surface area (Å²) in [5, 5.41) is 0. The number of ketones is 2. The number of carbonyl (C=O) groups excluding carboxylic acids is 3. The lowest BCUT2D eigenvalue weighted by Gasteiger charge is -2.26. The van der Waals surface area contributed by atoms with Gasteiger partial charge in [0, 0.05) is 11.1 Å². The van der Waals surface area contributed by atoms with E-state index >= 15 is 0 Å². The average molecular weight is 373 g/mol. The number of carbonyl (C=O) groups is 3. The average Bonchev–Trinajstić information content (AvgIpc) is 3.22. The molecule has 6 nitrogen and oxygen atoms in total. The molecule has 1 aliphatic carbocycles. The number of esters is 1. The van der Waals surface area contributed by atoms with Crippen molar-refractivity contribution in [1.82, 2.24) is 0 Å². The predicted octanol–water partition coefficient (Wildman–Crippen LogP) is 2.51. The Labute approximate surface area is 153 Å². The second-order valence-corrected chi connectivity index (χ2v) is 6.24. The summed E-state index contributed by atoms with van der Waals surface area (Å²) in [5.74, 6) is -0.951. The van der Waals surface area contributed by atoms with Crippen molar-refractivity contribution in [2.45, 2.75) is 5.41 Å². The van der Waals surface area contributed by atoms with Gasteiger partial charge in [0.25, 0.3) is 0 Å². The number of hydrogen-bond acceptors (Lipinski definition) is 6. The Morgan fingerprint density at radius 2 is 1.69 bits per heavy atom. The SMILES string of the molecule is O=C(CCl)OCC1(c2ccc3c(c2)OCO3)C(=O)c2ccccc2C1=O. The van der Waals surface area contributed by atoms with Crippen molar-refractivity contribution >= 4 is 29.1 Å². The maximum Gasteiger partial charge on any atom is 0.320 e. The van der Waals surface area contributed by atoms with E-state index in [0.29, 0.717) is 28.2 Å².